The van der Waals surface area contributed by atoms with E-state index in [0.717, 1.165) is 44.7 Å². The van der Waals surface area contributed by atoms with Crippen molar-refractivity contribution in [3.8, 4) is 16.9 Å². The Morgan fingerprint density at radius 1 is 0.944 bits per heavy atom. The lowest BCUT2D eigenvalue weighted by Crippen LogP contribution is -2.43. The Hall–Kier alpha value is -3.80. The van der Waals surface area contributed by atoms with Crippen LogP contribution >= 0.6 is 0 Å². The van der Waals surface area contributed by atoms with E-state index in [-0.39, 0.29) is 24.5 Å². The molecule has 0 unspecified atom stereocenters. The van der Waals surface area contributed by atoms with Gasteiger partial charge in [-0.25, -0.2) is 9.59 Å². The van der Waals surface area contributed by atoms with Crippen LogP contribution in [0.5, 0.6) is 5.75 Å². The van der Waals surface area contributed by atoms with E-state index in [9.17, 15) is 14.7 Å². The van der Waals surface area contributed by atoms with Crippen LogP contribution in [-0.4, -0.2) is 35.4 Å². The Morgan fingerprint density at radius 2 is 1.47 bits per heavy atom. The summed E-state index contributed by atoms with van der Waals surface area (Å²) in [5, 5.41) is 12.4. The maximum absolute atomic E-state index is 12.7. The molecule has 0 aliphatic heterocycles. The SMILES string of the molecule is Cc1cc(OC(C)(C)C)cc(C)c1C[C@@H](NC(=O)OCC1c2ccccc2-c2ccccc21)C(=O)O. The highest BCUT2D eigenvalue weighted by Gasteiger charge is 2.30. The molecule has 0 saturated carbocycles. The fraction of sp³-hybridized carbons (Fsp3) is 0.333. The standard InChI is InChI=1S/C30H33NO5/c1-18-14-20(36-30(3,4)5)15-19(2)25(18)16-27(28(32)33)31-29(34)35-17-26-23-12-8-6-10-21(23)22-11-7-9-13-24(22)26/h6-15,26-27H,16-17H2,1-5H3,(H,31,34)(H,32,33)/t27-/m1/s1. The number of hydrogen-bond acceptors (Lipinski definition) is 4. The van der Waals surface area contributed by atoms with E-state index in [1.165, 1.54) is 0 Å². The van der Waals surface area contributed by atoms with Crippen LogP contribution in [0.25, 0.3) is 11.1 Å². The molecule has 0 heterocycles. The smallest absolute Gasteiger partial charge is 0.407 e. The Labute approximate surface area is 212 Å². The molecule has 6 heteroatoms. The van der Waals surface area contributed by atoms with Gasteiger partial charge >= 0.3 is 12.1 Å². The zero-order valence-corrected chi connectivity index (χ0v) is 21.4. The number of carbonyl (C=O) groups excluding carboxylic acids is 1. The van der Waals surface area contributed by atoms with Gasteiger partial charge in [0.15, 0.2) is 0 Å². The molecule has 1 aliphatic rings. The highest BCUT2D eigenvalue weighted by molar-refractivity contribution is 5.81. The molecule has 4 rings (SSSR count). The molecule has 0 aromatic heterocycles. The molecule has 1 atom stereocenters. The van der Waals surface area contributed by atoms with Gasteiger partial charge in [-0.15, -0.1) is 0 Å². The average molecular weight is 488 g/mol. The summed E-state index contributed by atoms with van der Waals surface area (Å²) in [6, 6.07) is 18.8. The first-order valence-electron chi connectivity index (χ1n) is 12.2. The van der Waals surface area contributed by atoms with E-state index in [0.29, 0.717) is 0 Å². The van der Waals surface area contributed by atoms with Crippen molar-refractivity contribution in [2.45, 2.75) is 58.6 Å². The van der Waals surface area contributed by atoms with E-state index >= 15 is 0 Å². The number of rotatable bonds is 7. The number of alkyl carbamates (subject to hydrolysis) is 1. The van der Waals surface area contributed by atoms with E-state index in [1.807, 2.05) is 83.1 Å². The number of carboxylic acids is 1. The van der Waals surface area contributed by atoms with Crippen molar-refractivity contribution < 1.29 is 24.2 Å². The maximum atomic E-state index is 12.7. The number of aryl methyl sites for hydroxylation is 2. The van der Waals surface area contributed by atoms with Crippen LogP contribution in [0.15, 0.2) is 60.7 Å². The second-order valence-electron chi connectivity index (χ2n) is 10.3. The highest BCUT2D eigenvalue weighted by atomic mass is 16.5. The number of amides is 1. The van der Waals surface area contributed by atoms with Crippen molar-refractivity contribution in [3.63, 3.8) is 0 Å². The van der Waals surface area contributed by atoms with Crippen LogP contribution in [0.4, 0.5) is 4.79 Å². The lowest BCUT2D eigenvalue weighted by Gasteiger charge is -2.23. The molecule has 3 aromatic carbocycles. The number of fused-ring (bicyclic) bond motifs is 3. The summed E-state index contributed by atoms with van der Waals surface area (Å²) in [5.74, 6) is -0.471. The summed E-state index contributed by atoms with van der Waals surface area (Å²) in [6.07, 6.45) is -0.597. The third-order valence-corrected chi connectivity index (χ3v) is 6.44. The molecule has 6 nitrogen and oxygen atoms in total. The van der Waals surface area contributed by atoms with Gasteiger partial charge in [0.1, 0.15) is 24.0 Å². The Balaban J connectivity index is 1.44. The largest absolute Gasteiger partial charge is 0.488 e. The maximum Gasteiger partial charge on any atom is 0.407 e. The summed E-state index contributed by atoms with van der Waals surface area (Å²) in [6.45, 7) is 9.90. The fourth-order valence-corrected chi connectivity index (χ4v) is 4.87. The molecule has 0 saturated heterocycles. The summed E-state index contributed by atoms with van der Waals surface area (Å²) < 4.78 is 11.5. The van der Waals surface area contributed by atoms with Crippen LogP contribution in [0.2, 0.25) is 0 Å². The van der Waals surface area contributed by atoms with Crippen molar-refractivity contribution in [2.24, 2.45) is 0 Å². The number of benzene rings is 3. The molecule has 36 heavy (non-hydrogen) atoms. The molecule has 3 aromatic rings. The van der Waals surface area contributed by atoms with E-state index in [2.05, 4.69) is 17.4 Å². The molecule has 0 fully saturated rings. The minimum absolute atomic E-state index is 0.0914. The first-order chi connectivity index (χ1) is 17.0. The predicted molar refractivity (Wildman–Crippen MR) is 140 cm³/mol. The lowest BCUT2D eigenvalue weighted by atomic mass is 9.96. The predicted octanol–water partition coefficient (Wildman–Crippen LogP) is 6.02. The molecular weight excluding hydrogens is 454 g/mol. The zero-order valence-electron chi connectivity index (χ0n) is 21.4. The summed E-state index contributed by atoms with van der Waals surface area (Å²) in [4.78, 5) is 24.7. The summed E-state index contributed by atoms with van der Waals surface area (Å²) in [5.41, 5.74) is 6.82. The molecule has 0 spiro atoms. The van der Waals surface area contributed by atoms with E-state index in [4.69, 9.17) is 9.47 Å². The topological polar surface area (TPSA) is 84.9 Å². The van der Waals surface area contributed by atoms with Crippen molar-refractivity contribution in [1.29, 1.82) is 0 Å². The van der Waals surface area contributed by atoms with Crippen molar-refractivity contribution in [1.82, 2.24) is 5.32 Å². The monoisotopic (exact) mass is 487 g/mol. The van der Waals surface area contributed by atoms with Crippen molar-refractivity contribution in [3.05, 3.63) is 88.5 Å². The number of carbonyl (C=O) groups is 2. The number of nitrogens with one attached hydrogen (secondary N) is 1. The summed E-state index contributed by atoms with van der Waals surface area (Å²) >= 11 is 0. The van der Waals surface area contributed by atoms with Gasteiger partial charge in [0.05, 0.1) is 0 Å². The highest BCUT2D eigenvalue weighted by Crippen LogP contribution is 2.44. The second-order valence-corrected chi connectivity index (χ2v) is 10.3. The molecule has 1 amide bonds. The van der Waals surface area contributed by atoms with Crippen LogP contribution in [0, 0.1) is 13.8 Å². The zero-order chi connectivity index (χ0) is 26.0. The number of aliphatic carboxylic acids is 1. The fourth-order valence-electron chi connectivity index (χ4n) is 4.87. The molecule has 2 N–H and O–H groups in total. The molecular formula is C30H33NO5. The van der Waals surface area contributed by atoms with Gasteiger partial charge in [0.2, 0.25) is 0 Å². The van der Waals surface area contributed by atoms with Crippen molar-refractivity contribution in [2.75, 3.05) is 6.61 Å². The van der Waals surface area contributed by atoms with Crippen LogP contribution in [0.1, 0.15) is 54.5 Å². The Kier molecular flexibility index (Phi) is 7.07. The van der Waals surface area contributed by atoms with Crippen LogP contribution < -0.4 is 10.1 Å². The average Bonchev–Trinajstić information content (AvgIpc) is 3.12. The molecule has 1 aliphatic carbocycles. The number of ether oxygens (including phenoxy) is 2. The Morgan fingerprint density at radius 3 is 1.97 bits per heavy atom. The lowest BCUT2D eigenvalue weighted by molar-refractivity contribution is -0.139. The third-order valence-electron chi connectivity index (χ3n) is 6.44. The van der Waals surface area contributed by atoms with Crippen LogP contribution in [0.3, 0.4) is 0 Å². The van der Waals surface area contributed by atoms with Gasteiger partial charge < -0.3 is 19.9 Å². The van der Waals surface area contributed by atoms with Gasteiger partial charge in [-0.3, -0.25) is 0 Å². The molecule has 188 valence electrons. The van der Waals surface area contributed by atoms with Crippen molar-refractivity contribution >= 4 is 12.1 Å². The molecule has 0 radical (unpaired) electrons. The number of carboxylic acid groups (broad SMARTS) is 1. The van der Waals surface area contributed by atoms with Gasteiger partial charge in [-0.05, 0) is 85.7 Å². The van der Waals surface area contributed by atoms with Gasteiger partial charge in [0, 0.05) is 12.3 Å². The normalized spacial score (nSPS) is 13.5. The summed E-state index contributed by atoms with van der Waals surface area (Å²) in [7, 11) is 0. The van der Waals surface area contributed by atoms with Gasteiger partial charge in [-0.2, -0.15) is 0 Å². The Bertz CT molecular complexity index is 1220. The number of hydrogen-bond donors (Lipinski definition) is 2. The first-order valence-corrected chi connectivity index (χ1v) is 12.2. The minimum atomic E-state index is -1.12. The quantitative estimate of drug-likeness (QED) is 0.426. The van der Waals surface area contributed by atoms with Gasteiger partial charge in [-0.1, -0.05) is 48.5 Å². The second kappa shape index (κ2) is 10.1. The molecule has 0 bridgehead atoms. The van der Waals surface area contributed by atoms with E-state index in [1.54, 1.807) is 0 Å². The third kappa shape index (κ3) is 5.54. The van der Waals surface area contributed by atoms with Gasteiger partial charge in [0.25, 0.3) is 0 Å². The first kappa shape index (κ1) is 25.3. The van der Waals surface area contributed by atoms with Crippen LogP contribution in [-0.2, 0) is 16.0 Å². The minimum Gasteiger partial charge on any atom is -0.488 e. The van der Waals surface area contributed by atoms with E-state index < -0.39 is 18.1 Å².